The molecule has 0 saturated carbocycles. The Bertz CT molecular complexity index is 842. The molecule has 1 aliphatic rings. The van der Waals surface area contributed by atoms with Crippen LogP contribution >= 0.6 is 0 Å². The summed E-state index contributed by atoms with van der Waals surface area (Å²) in [6.45, 7) is 1.30. The number of nitro groups is 1. The van der Waals surface area contributed by atoms with E-state index in [1.807, 2.05) is 21.8 Å². The second-order valence-electron chi connectivity index (χ2n) is 5.69. The molecule has 0 amide bonds. The van der Waals surface area contributed by atoms with Crippen molar-refractivity contribution in [3.63, 3.8) is 0 Å². The lowest BCUT2D eigenvalue weighted by atomic mass is 10.0. The molecule has 10 heteroatoms. The van der Waals surface area contributed by atoms with E-state index in [0.717, 1.165) is 18.9 Å². The van der Waals surface area contributed by atoms with Gasteiger partial charge in [-0.15, -0.1) is 0 Å². The molecule has 2 aromatic rings. The Morgan fingerprint density at radius 1 is 1.25 bits per heavy atom. The molecule has 24 heavy (non-hydrogen) atoms. The van der Waals surface area contributed by atoms with E-state index in [1.165, 1.54) is 12.1 Å². The highest BCUT2D eigenvalue weighted by Crippen LogP contribution is 2.30. The van der Waals surface area contributed by atoms with Gasteiger partial charge in [-0.1, -0.05) is 0 Å². The van der Waals surface area contributed by atoms with Crippen LogP contribution in [-0.4, -0.2) is 36.2 Å². The van der Waals surface area contributed by atoms with Gasteiger partial charge in [0, 0.05) is 43.3 Å². The lowest BCUT2D eigenvalue weighted by Crippen LogP contribution is -2.35. The van der Waals surface area contributed by atoms with E-state index in [2.05, 4.69) is 5.10 Å². The van der Waals surface area contributed by atoms with Crippen LogP contribution in [0.15, 0.2) is 41.6 Å². The van der Waals surface area contributed by atoms with Crippen LogP contribution in [0.3, 0.4) is 0 Å². The maximum Gasteiger partial charge on any atom is 0.272 e. The monoisotopic (exact) mass is 351 g/mol. The topological polar surface area (TPSA) is 124 Å². The van der Waals surface area contributed by atoms with Gasteiger partial charge >= 0.3 is 0 Å². The zero-order valence-corrected chi connectivity index (χ0v) is 13.6. The van der Waals surface area contributed by atoms with Gasteiger partial charge in [-0.25, -0.2) is 13.6 Å². The van der Waals surface area contributed by atoms with Gasteiger partial charge in [-0.2, -0.15) is 5.10 Å². The molecule has 0 bridgehead atoms. The van der Waals surface area contributed by atoms with Crippen LogP contribution in [0.1, 0.15) is 18.9 Å². The van der Waals surface area contributed by atoms with Crippen LogP contribution < -0.4 is 10.0 Å². The number of hydrogen-bond acceptors (Lipinski definition) is 6. The van der Waals surface area contributed by atoms with Crippen LogP contribution in [0, 0.1) is 10.1 Å². The summed E-state index contributed by atoms with van der Waals surface area (Å²) in [5.74, 6) is 0. The molecule has 1 aromatic carbocycles. The molecule has 2 heterocycles. The lowest BCUT2D eigenvalue weighted by molar-refractivity contribution is -0.385. The summed E-state index contributed by atoms with van der Waals surface area (Å²) in [4.78, 5) is 12.1. The molecule has 0 aliphatic carbocycles. The van der Waals surface area contributed by atoms with Crippen molar-refractivity contribution in [3.05, 3.63) is 46.8 Å². The second kappa shape index (κ2) is 6.21. The van der Waals surface area contributed by atoms with E-state index < -0.39 is 14.9 Å². The van der Waals surface area contributed by atoms with Gasteiger partial charge in [0.25, 0.3) is 5.69 Å². The molecule has 128 valence electrons. The highest BCUT2D eigenvalue weighted by molar-refractivity contribution is 7.89. The van der Waals surface area contributed by atoms with E-state index in [4.69, 9.17) is 5.14 Å². The minimum absolute atomic E-state index is 0.249. The summed E-state index contributed by atoms with van der Waals surface area (Å²) < 4.78 is 25.1. The number of benzene rings is 1. The largest absolute Gasteiger partial charge is 0.371 e. The fourth-order valence-corrected chi connectivity index (χ4v) is 3.48. The van der Waals surface area contributed by atoms with Crippen molar-refractivity contribution in [2.75, 3.05) is 18.0 Å². The van der Waals surface area contributed by atoms with Gasteiger partial charge in [0.05, 0.1) is 15.9 Å². The van der Waals surface area contributed by atoms with Gasteiger partial charge in [0.15, 0.2) is 0 Å². The van der Waals surface area contributed by atoms with Crippen molar-refractivity contribution >= 4 is 21.4 Å². The van der Waals surface area contributed by atoms with Crippen LogP contribution in [0.4, 0.5) is 11.4 Å². The Morgan fingerprint density at radius 2 is 1.96 bits per heavy atom. The number of nitrogens with two attached hydrogens (primary N) is 1. The summed E-state index contributed by atoms with van der Waals surface area (Å²) in [7, 11) is -4.01. The van der Waals surface area contributed by atoms with Crippen molar-refractivity contribution in [1.29, 1.82) is 0 Å². The van der Waals surface area contributed by atoms with Crippen molar-refractivity contribution < 1.29 is 13.3 Å². The SMILES string of the molecule is NS(=O)(=O)c1cc(N2CCC(n3cccn3)CC2)cc([N+](=O)[O-])c1. The minimum atomic E-state index is -4.01. The third kappa shape index (κ3) is 3.39. The first-order valence-electron chi connectivity index (χ1n) is 7.41. The summed E-state index contributed by atoms with van der Waals surface area (Å²) in [5, 5.41) is 20.4. The molecule has 1 aliphatic heterocycles. The van der Waals surface area contributed by atoms with Crippen molar-refractivity contribution in [1.82, 2.24) is 9.78 Å². The number of nitro benzene ring substituents is 1. The summed E-state index contributed by atoms with van der Waals surface area (Å²) in [6.07, 6.45) is 5.27. The van der Waals surface area contributed by atoms with Crippen LogP contribution in [-0.2, 0) is 10.0 Å². The number of rotatable bonds is 4. The van der Waals surface area contributed by atoms with Crippen molar-refractivity contribution in [2.24, 2.45) is 5.14 Å². The molecule has 1 aromatic heterocycles. The molecule has 2 N–H and O–H groups in total. The molecule has 3 rings (SSSR count). The number of hydrogen-bond donors (Lipinski definition) is 1. The Hall–Kier alpha value is -2.46. The standard InChI is InChI=1S/C14H17N5O4S/c15-24(22,23)14-9-12(8-13(10-14)19(20)21)17-6-2-11(3-7-17)18-5-1-4-16-18/h1,4-5,8-11H,2-3,6-7H2,(H2,15,22,23). The normalized spacial score (nSPS) is 16.3. The lowest BCUT2D eigenvalue weighted by Gasteiger charge is -2.33. The third-order valence-electron chi connectivity index (χ3n) is 4.14. The second-order valence-corrected chi connectivity index (χ2v) is 7.25. The summed E-state index contributed by atoms with van der Waals surface area (Å²) >= 11 is 0. The van der Waals surface area contributed by atoms with Gasteiger partial charge in [-0.05, 0) is 25.0 Å². The first-order valence-corrected chi connectivity index (χ1v) is 8.95. The average Bonchev–Trinajstić information content (AvgIpc) is 3.08. The van der Waals surface area contributed by atoms with Crippen LogP contribution in [0.5, 0.6) is 0 Å². The smallest absolute Gasteiger partial charge is 0.272 e. The number of aromatic nitrogens is 2. The van der Waals surface area contributed by atoms with Gasteiger partial charge in [-0.3, -0.25) is 14.8 Å². The Labute approximate surface area is 138 Å². The van der Waals surface area contributed by atoms with Gasteiger partial charge in [0.2, 0.25) is 10.0 Å². The molecular formula is C14H17N5O4S. The Morgan fingerprint density at radius 3 is 2.50 bits per heavy atom. The van der Waals surface area contributed by atoms with E-state index >= 15 is 0 Å². The number of nitrogens with zero attached hydrogens (tertiary/aromatic N) is 4. The number of anilines is 1. The molecule has 0 unspecified atom stereocenters. The number of non-ortho nitro benzene ring substituents is 1. The van der Waals surface area contributed by atoms with Crippen LogP contribution in [0.2, 0.25) is 0 Å². The minimum Gasteiger partial charge on any atom is -0.371 e. The quantitative estimate of drug-likeness (QED) is 0.653. The average molecular weight is 351 g/mol. The Kier molecular flexibility index (Phi) is 4.24. The molecule has 1 saturated heterocycles. The molecular weight excluding hydrogens is 334 g/mol. The highest BCUT2D eigenvalue weighted by atomic mass is 32.2. The summed E-state index contributed by atoms with van der Waals surface area (Å²) in [6, 6.07) is 5.88. The first kappa shape index (κ1) is 16.4. The molecule has 0 radical (unpaired) electrons. The predicted molar refractivity (Wildman–Crippen MR) is 87.2 cm³/mol. The Balaban J connectivity index is 1.84. The highest BCUT2D eigenvalue weighted by Gasteiger charge is 2.24. The first-order chi connectivity index (χ1) is 11.3. The van der Waals surface area contributed by atoms with E-state index in [-0.39, 0.29) is 16.6 Å². The van der Waals surface area contributed by atoms with Crippen molar-refractivity contribution in [2.45, 2.75) is 23.8 Å². The summed E-state index contributed by atoms with van der Waals surface area (Å²) in [5.41, 5.74) is 0.206. The number of piperidine rings is 1. The molecule has 1 fully saturated rings. The third-order valence-corrected chi connectivity index (χ3v) is 5.04. The molecule has 9 nitrogen and oxygen atoms in total. The maximum atomic E-state index is 11.6. The van der Waals surface area contributed by atoms with E-state index in [9.17, 15) is 18.5 Å². The molecule has 0 atom stereocenters. The zero-order valence-electron chi connectivity index (χ0n) is 12.8. The van der Waals surface area contributed by atoms with Gasteiger partial charge in [0.1, 0.15) is 0 Å². The van der Waals surface area contributed by atoms with Gasteiger partial charge < -0.3 is 4.90 Å². The van der Waals surface area contributed by atoms with E-state index in [1.54, 1.807) is 6.20 Å². The van der Waals surface area contributed by atoms with E-state index in [0.29, 0.717) is 18.8 Å². The number of sulfonamides is 1. The molecule has 0 spiro atoms. The van der Waals surface area contributed by atoms with Crippen LogP contribution in [0.25, 0.3) is 0 Å². The maximum absolute atomic E-state index is 11.6. The van der Waals surface area contributed by atoms with Crippen molar-refractivity contribution in [3.8, 4) is 0 Å². The fraction of sp³-hybridized carbons (Fsp3) is 0.357. The number of primary sulfonamides is 1. The predicted octanol–water partition coefficient (Wildman–Crippen LogP) is 1.28. The zero-order chi connectivity index (χ0) is 17.3. The fourth-order valence-electron chi connectivity index (χ4n) is 2.91.